The molecule has 0 fully saturated rings. The van der Waals surface area contributed by atoms with Crippen LogP contribution in [0.1, 0.15) is 113 Å². The fourth-order valence-corrected chi connectivity index (χ4v) is 5.82. The highest BCUT2D eigenvalue weighted by atomic mass is 19.1. The summed E-state index contributed by atoms with van der Waals surface area (Å²) in [7, 11) is 0. The summed E-state index contributed by atoms with van der Waals surface area (Å²) in [5.74, 6) is -0.747. The van der Waals surface area contributed by atoms with Crippen molar-refractivity contribution < 1.29 is 8.50 Å². The third kappa shape index (κ3) is 3.13. The second-order valence-electron chi connectivity index (χ2n) is 12.2. The smallest absolute Gasteiger partial charge is 0.213 e. The zero-order chi connectivity index (χ0) is 24.8. The van der Waals surface area contributed by atoms with Gasteiger partial charge in [-0.05, 0) is 93.6 Å². The average Bonchev–Trinajstić information content (AvgIpc) is 2.67. The molecule has 0 bridgehead atoms. The lowest BCUT2D eigenvalue weighted by atomic mass is 9.55. The molecular formula is C28H38FN. The molecule has 2 aliphatic carbocycles. The maximum atomic E-state index is 14.3. The minimum Gasteiger partial charge on any atom is -0.228 e. The van der Waals surface area contributed by atoms with E-state index in [2.05, 4.69) is 66.4 Å². The summed E-state index contributed by atoms with van der Waals surface area (Å²) in [6.07, 6.45) is 5.65. The number of hydrogen-bond donors (Lipinski definition) is 0. The van der Waals surface area contributed by atoms with E-state index in [-0.39, 0.29) is 27.2 Å². The zero-order valence-corrected chi connectivity index (χ0v) is 19.9. The summed E-state index contributed by atoms with van der Waals surface area (Å²) >= 11 is 0. The van der Waals surface area contributed by atoms with Crippen molar-refractivity contribution in [2.24, 2.45) is 0 Å². The number of fused-ring (bicyclic) bond motifs is 2. The van der Waals surface area contributed by atoms with Gasteiger partial charge in [-0.3, -0.25) is 0 Å². The summed E-state index contributed by atoms with van der Waals surface area (Å²) in [6, 6.07) is 3.55. The van der Waals surface area contributed by atoms with Gasteiger partial charge in [-0.1, -0.05) is 61.5 Å². The second kappa shape index (κ2) is 6.40. The Labute approximate surface area is 186 Å². The lowest BCUT2D eigenvalue weighted by molar-refractivity contribution is 0.314. The van der Waals surface area contributed by atoms with Crippen molar-refractivity contribution in [1.82, 2.24) is 4.98 Å². The Kier molecular flexibility index (Phi) is 3.83. The molecule has 162 valence electrons. The van der Waals surface area contributed by atoms with Gasteiger partial charge in [0.25, 0.3) is 0 Å². The van der Waals surface area contributed by atoms with Gasteiger partial charge >= 0.3 is 0 Å². The average molecular weight is 411 g/mol. The number of benzene rings is 1. The Morgan fingerprint density at radius 1 is 0.767 bits per heavy atom. The highest BCUT2D eigenvalue weighted by Crippen LogP contribution is 2.57. The van der Waals surface area contributed by atoms with Crippen LogP contribution in [-0.4, -0.2) is 4.98 Å². The molecule has 1 nitrogen and oxygen atoms in total. The van der Waals surface area contributed by atoms with E-state index in [1.54, 1.807) is 0 Å². The van der Waals surface area contributed by atoms with Crippen LogP contribution in [0.5, 0.6) is 0 Å². The van der Waals surface area contributed by atoms with Crippen LogP contribution in [0, 0.1) is 12.8 Å². The molecule has 2 aromatic rings. The topological polar surface area (TPSA) is 12.9 Å². The molecule has 0 unspecified atom stereocenters. The second-order valence-corrected chi connectivity index (χ2v) is 12.2. The van der Waals surface area contributed by atoms with Crippen LogP contribution in [0.3, 0.4) is 0 Å². The first-order chi connectivity index (χ1) is 14.9. The highest BCUT2D eigenvalue weighted by molar-refractivity contribution is 5.80. The molecular weight excluding hydrogens is 369 g/mol. The maximum Gasteiger partial charge on any atom is 0.213 e. The predicted molar refractivity (Wildman–Crippen MR) is 125 cm³/mol. The first kappa shape index (κ1) is 17.9. The molecule has 0 N–H and O–H groups in total. The number of hydrogen-bond acceptors (Lipinski definition) is 1. The van der Waals surface area contributed by atoms with E-state index in [0.29, 0.717) is 5.56 Å². The van der Waals surface area contributed by atoms with Crippen molar-refractivity contribution in [2.45, 2.75) is 110 Å². The minimum atomic E-state index is -2.43. The van der Waals surface area contributed by atoms with Gasteiger partial charge < -0.3 is 0 Å². The van der Waals surface area contributed by atoms with E-state index in [4.69, 9.17) is 4.11 Å². The van der Waals surface area contributed by atoms with Gasteiger partial charge in [0.15, 0.2) is 0 Å². The van der Waals surface area contributed by atoms with Crippen LogP contribution in [0.4, 0.5) is 4.39 Å². The van der Waals surface area contributed by atoms with Gasteiger partial charge in [-0.15, -0.1) is 0 Å². The predicted octanol–water partition coefficient (Wildman–Crippen LogP) is 7.89. The van der Waals surface area contributed by atoms with Crippen molar-refractivity contribution >= 4 is 0 Å². The first-order valence-corrected chi connectivity index (χ1v) is 11.3. The van der Waals surface area contributed by atoms with Crippen molar-refractivity contribution in [3.8, 4) is 11.1 Å². The molecule has 0 spiro atoms. The molecule has 0 radical (unpaired) electrons. The molecule has 2 heteroatoms. The number of halogens is 1. The Bertz CT molecular complexity index is 1070. The summed E-state index contributed by atoms with van der Waals surface area (Å²) in [5.41, 5.74) is 6.37. The Morgan fingerprint density at radius 3 is 1.70 bits per heavy atom. The fourth-order valence-electron chi connectivity index (χ4n) is 5.82. The van der Waals surface area contributed by atoms with Crippen LogP contribution in [0.2, 0.25) is 0 Å². The minimum absolute atomic E-state index is 0.0279. The standard InChI is InChI=1S/C28H38FN/c1-17-14-21(29)30-16-18(17)22-23-19(25(2,3)10-12-27(23,6)7)15-20-24(22)28(8,9)13-11-26(20,4)5/h14-16H,10-13H2,1-9H3/i1D3. The monoisotopic (exact) mass is 410 g/mol. The van der Waals surface area contributed by atoms with Gasteiger partial charge in [0.05, 0.1) is 0 Å². The molecule has 1 aromatic heterocycles. The van der Waals surface area contributed by atoms with Crippen LogP contribution >= 0.6 is 0 Å². The third-order valence-corrected chi connectivity index (χ3v) is 8.03. The van der Waals surface area contributed by atoms with E-state index in [9.17, 15) is 4.39 Å². The van der Waals surface area contributed by atoms with Crippen molar-refractivity contribution in [3.05, 3.63) is 52.1 Å². The molecule has 1 heterocycles. The molecule has 0 atom stereocenters. The Balaban J connectivity index is 2.28. The Morgan fingerprint density at radius 2 is 1.23 bits per heavy atom. The molecule has 0 amide bonds. The fraction of sp³-hybridized carbons (Fsp3) is 0.607. The van der Waals surface area contributed by atoms with Crippen molar-refractivity contribution in [1.29, 1.82) is 0 Å². The normalized spacial score (nSPS) is 24.8. The Hall–Kier alpha value is -1.70. The van der Waals surface area contributed by atoms with E-state index in [0.717, 1.165) is 37.3 Å². The summed E-state index contributed by atoms with van der Waals surface area (Å²) in [4.78, 5) is 3.98. The van der Waals surface area contributed by atoms with Gasteiger partial charge in [0.1, 0.15) is 0 Å². The quantitative estimate of drug-likeness (QED) is 0.435. The van der Waals surface area contributed by atoms with Crippen LogP contribution < -0.4 is 0 Å². The van der Waals surface area contributed by atoms with Gasteiger partial charge in [-0.25, -0.2) is 4.98 Å². The number of rotatable bonds is 1. The number of pyridine rings is 1. The molecule has 0 saturated carbocycles. The van der Waals surface area contributed by atoms with Crippen LogP contribution in [0.15, 0.2) is 18.3 Å². The van der Waals surface area contributed by atoms with Gasteiger partial charge in [0, 0.05) is 15.9 Å². The largest absolute Gasteiger partial charge is 0.228 e. The van der Waals surface area contributed by atoms with Crippen LogP contribution in [0.25, 0.3) is 11.1 Å². The van der Waals surface area contributed by atoms with Crippen molar-refractivity contribution in [3.63, 3.8) is 0 Å². The van der Waals surface area contributed by atoms with Crippen LogP contribution in [-0.2, 0) is 21.7 Å². The van der Waals surface area contributed by atoms with E-state index in [1.807, 2.05) is 0 Å². The molecule has 2 aliphatic rings. The summed E-state index contributed by atoms with van der Waals surface area (Å²) in [6.45, 7) is 15.8. The van der Waals surface area contributed by atoms with E-state index < -0.39 is 12.8 Å². The SMILES string of the molecule is [2H]C([2H])([2H])c1cc(F)ncc1-c1c2c(cc3c1C(C)(C)CCC3(C)C)C(C)(C)CCC2(C)C. The van der Waals surface area contributed by atoms with E-state index >= 15 is 0 Å². The van der Waals surface area contributed by atoms with Gasteiger partial charge in [0.2, 0.25) is 5.95 Å². The molecule has 30 heavy (non-hydrogen) atoms. The first-order valence-electron chi connectivity index (χ1n) is 12.8. The molecule has 1 aromatic carbocycles. The van der Waals surface area contributed by atoms with Gasteiger partial charge in [-0.2, -0.15) is 4.39 Å². The lowest BCUT2D eigenvalue weighted by Gasteiger charge is -2.49. The number of aryl methyl sites for hydroxylation is 1. The number of nitrogens with zero attached hydrogens (tertiary/aromatic N) is 1. The van der Waals surface area contributed by atoms with E-state index in [1.165, 1.54) is 28.5 Å². The lowest BCUT2D eigenvalue weighted by Crippen LogP contribution is -2.40. The highest BCUT2D eigenvalue weighted by Gasteiger charge is 2.46. The molecule has 4 rings (SSSR count). The zero-order valence-electron chi connectivity index (χ0n) is 22.9. The summed E-state index contributed by atoms with van der Waals surface area (Å²) < 4.78 is 39.0. The summed E-state index contributed by atoms with van der Waals surface area (Å²) in [5, 5.41) is 0. The third-order valence-electron chi connectivity index (χ3n) is 8.03. The number of aromatic nitrogens is 1. The molecule has 0 saturated heterocycles. The van der Waals surface area contributed by atoms with Crippen molar-refractivity contribution in [2.75, 3.05) is 0 Å². The maximum absolute atomic E-state index is 14.3. The molecule has 0 aliphatic heterocycles.